The number of Topliss-reactive ketones (excluding diaryl/α,β-unsaturated/α-hetero) is 1. The Morgan fingerprint density at radius 3 is 2.62 bits per heavy atom. The highest BCUT2D eigenvalue weighted by Crippen LogP contribution is 2.23. The van der Waals surface area contributed by atoms with E-state index in [-0.39, 0.29) is 15.6 Å². The molecule has 2 nitrogen and oxygen atoms in total. The van der Waals surface area contributed by atoms with Crippen molar-refractivity contribution in [1.82, 2.24) is 0 Å². The van der Waals surface area contributed by atoms with Gasteiger partial charge in [0.1, 0.15) is 5.82 Å². The Kier molecular flexibility index (Phi) is 2.93. The van der Waals surface area contributed by atoms with Gasteiger partial charge >= 0.3 is 0 Å². The predicted octanol–water partition coefficient (Wildman–Crippen LogP) is 2.60. The van der Waals surface area contributed by atoms with E-state index in [4.69, 9.17) is 0 Å². The third kappa shape index (κ3) is 1.83. The fraction of sp³-hybridized carbons (Fsp3) is 0.111. The Morgan fingerprint density at radius 1 is 1.54 bits per heavy atom. The second-order valence-electron chi connectivity index (χ2n) is 2.50. The molecule has 0 radical (unpaired) electrons. The molecule has 13 heavy (non-hydrogen) atoms. The molecule has 0 aliphatic heterocycles. The van der Waals surface area contributed by atoms with Crippen molar-refractivity contribution in [3.8, 4) is 0 Å². The number of benzene rings is 1. The number of carbonyl (C=O) groups is 2. The molecule has 0 aliphatic rings. The third-order valence-electron chi connectivity index (χ3n) is 1.60. The monoisotopic (exact) mass is 244 g/mol. The highest BCUT2D eigenvalue weighted by atomic mass is 79.9. The maximum absolute atomic E-state index is 13.1. The number of hydrogen-bond acceptors (Lipinski definition) is 2. The highest BCUT2D eigenvalue weighted by Gasteiger charge is 2.14. The molecule has 0 aliphatic carbocycles. The normalized spacial score (nSPS) is 9.77. The van der Waals surface area contributed by atoms with E-state index in [0.717, 1.165) is 6.07 Å². The van der Waals surface area contributed by atoms with Gasteiger partial charge in [0.25, 0.3) is 0 Å². The molecular weight excluding hydrogens is 239 g/mol. The first kappa shape index (κ1) is 10.1. The molecule has 0 aromatic heterocycles. The third-order valence-corrected chi connectivity index (χ3v) is 2.45. The van der Waals surface area contributed by atoms with Gasteiger partial charge in [0.15, 0.2) is 12.1 Å². The Labute approximate surface area is 82.9 Å². The Balaban J connectivity index is 3.47. The summed E-state index contributed by atoms with van der Waals surface area (Å²) in [5.74, 6) is -1.03. The lowest BCUT2D eigenvalue weighted by Crippen LogP contribution is -2.01. The molecule has 0 atom stereocenters. The van der Waals surface area contributed by atoms with Gasteiger partial charge in [-0.2, -0.15) is 0 Å². The fourth-order valence-corrected chi connectivity index (χ4v) is 1.68. The summed E-state index contributed by atoms with van der Waals surface area (Å²) >= 11 is 3.00. The van der Waals surface area contributed by atoms with Crippen molar-refractivity contribution in [2.24, 2.45) is 0 Å². The molecule has 0 heterocycles. The minimum atomic E-state index is -0.620. The number of ketones is 1. The lowest BCUT2D eigenvalue weighted by Gasteiger charge is -2.03. The summed E-state index contributed by atoms with van der Waals surface area (Å²) in [4.78, 5) is 21.4. The first-order chi connectivity index (χ1) is 6.07. The number of halogens is 2. The minimum absolute atomic E-state index is 0.0791. The van der Waals surface area contributed by atoms with E-state index in [9.17, 15) is 14.0 Å². The topological polar surface area (TPSA) is 34.1 Å². The zero-order valence-corrected chi connectivity index (χ0v) is 8.39. The number of carbonyl (C=O) groups excluding carboxylic acids is 2. The van der Waals surface area contributed by atoms with Crippen LogP contribution in [0.1, 0.15) is 27.6 Å². The standard InChI is InChI=1S/C9H6BrFO2/c1-5(13)8-7(11)3-2-6(4-12)9(8)10/h2-4H,1H3. The van der Waals surface area contributed by atoms with Crippen molar-refractivity contribution in [2.75, 3.05) is 0 Å². The molecule has 0 bridgehead atoms. The molecular formula is C9H6BrFO2. The molecule has 0 fully saturated rings. The molecule has 1 rings (SSSR count). The molecule has 0 saturated carbocycles. The lowest BCUT2D eigenvalue weighted by molar-refractivity contribution is 0.101. The van der Waals surface area contributed by atoms with Crippen LogP contribution in [-0.2, 0) is 0 Å². The average Bonchev–Trinajstić information content (AvgIpc) is 2.04. The SMILES string of the molecule is CC(=O)c1c(F)ccc(C=O)c1Br. The summed E-state index contributed by atoms with van der Waals surface area (Å²) in [5.41, 5.74) is 0.191. The van der Waals surface area contributed by atoms with Crippen molar-refractivity contribution in [3.05, 3.63) is 33.5 Å². The summed E-state index contributed by atoms with van der Waals surface area (Å²) in [6.45, 7) is 1.25. The molecule has 1 aromatic carbocycles. The van der Waals surface area contributed by atoms with E-state index in [1.165, 1.54) is 13.0 Å². The Hall–Kier alpha value is -1.03. The van der Waals surface area contributed by atoms with Crippen LogP contribution >= 0.6 is 15.9 Å². The number of rotatable bonds is 2. The van der Waals surface area contributed by atoms with Crippen molar-refractivity contribution < 1.29 is 14.0 Å². The van der Waals surface area contributed by atoms with Crippen LogP contribution in [0.15, 0.2) is 16.6 Å². The van der Waals surface area contributed by atoms with Crippen molar-refractivity contribution >= 4 is 28.0 Å². The molecule has 68 valence electrons. The van der Waals surface area contributed by atoms with Crippen LogP contribution in [0.3, 0.4) is 0 Å². The van der Waals surface area contributed by atoms with Crippen LogP contribution in [0.4, 0.5) is 4.39 Å². The van der Waals surface area contributed by atoms with E-state index in [1.807, 2.05) is 0 Å². The van der Waals surface area contributed by atoms with Gasteiger partial charge in [0.2, 0.25) is 0 Å². The van der Waals surface area contributed by atoms with E-state index in [0.29, 0.717) is 6.29 Å². The van der Waals surface area contributed by atoms with Crippen molar-refractivity contribution in [2.45, 2.75) is 6.92 Å². The number of aldehydes is 1. The minimum Gasteiger partial charge on any atom is -0.298 e. The summed E-state index contributed by atoms with van der Waals surface area (Å²) in [6, 6.07) is 2.42. The Morgan fingerprint density at radius 2 is 2.15 bits per heavy atom. The van der Waals surface area contributed by atoms with Gasteiger partial charge in [0.05, 0.1) is 5.56 Å². The largest absolute Gasteiger partial charge is 0.298 e. The van der Waals surface area contributed by atoms with Gasteiger partial charge in [-0.1, -0.05) is 0 Å². The average molecular weight is 245 g/mol. The molecule has 0 amide bonds. The van der Waals surface area contributed by atoms with Crippen LogP contribution in [0.5, 0.6) is 0 Å². The first-order valence-corrected chi connectivity index (χ1v) is 4.31. The molecule has 1 aromatic rings. The van der Waals surface area contributed by atoms with Crippen molar-refractivity contribution in [1.29, 1.82) is 0 Å². The maximum Gasteiger partial charge on any atom is 0.163 e. The summed E-state index contributed by atoms with van der Waals surface area (Å²) in [7, 11) is 0. The van der Waals surface area contributed by atoms with Crippen LogP contribution in [-0.4, -0.2) is 12.1 Å². The van der Waals surface area contributed by atoms with Crippen LogP contribution in [0, 0.1) is 5.82 Å². The fourth-order valence-electron chi connectivity index (χ4n) is 0.982. The molecule has 0 unspecified atom stereocenters. The summed E-state index contributed by atoms with van der Waals surface area (Å²) in [6.07, 6.45) is 0.565. The molecule has 4 heteroatoms. The van der Waals surface area contributed by atoms with Gasteiger partial charge in [-0.05, 0) is 35.0 Å². The predicted molar refractivity (Wildman–Crippen MR) is 49.5 cm³/mol. The van der Waals surface area contributed by atoms with E-state index in [1.54, 1.807) is 0 Å². The second-order valence-corrected chi connectivity index (χ2v) is 3.29. The van der Waals surface area contributed by atoms with Gasteiger partial charge in [-0.25, -0.2) is 4.39 Å². The van der Waals surface area contributed by atoms with E-state index in [2.05, 4.69) is 15.9 Å². The quantitative estimate of drug-likeness (QED) is 0.592. The van der Waals surface area contributed by atoms with Gasteiger partial charge in [0, 0.05) is 10.0 Å². The molecule has 0 saturated heterocycles. The van der Waals surface area contributed by atoms with Gasteiger partial charge < -0.3 is 0 Å². The Bertz CT molecular complexity index is 374. The van der Waals surface area contributed by atoms with Crippen LogP contribution in [0.25, 0.3) is 0 Å². The molecule has 0 N–H and O–H groups in total. The highest BCUT2D eigenvalue weighted by molar-refractivity contribution is 9.10. The second kappa shape index (κ2) is 3.79. The van der Waals surface area contributed by atoms with Crippen LogP contribution < -0.4 is 0 Å². The summed E-state index contributed by atoms with van der Waals surface area (Å²) < 4.78 is 13.3. The zero-order valence-electron chi connectivity index (χ0n) is 6.80. The smallest absolute Gasteiger partial charge is 0.163 e. The van der Waals surface area contributed by atoms with E-state index < -0.39 is 11.6 Å². The molecule has 0 spiro atoms. The lowest BCUT2D eigenvalue weighted by atomic mass is 10.1. The van der Waals surface area contributed by atoms with Crippen LogP contribution in [0.2, 0.25) is 0 Å². The van der Waals surface area contributed by atoms with E-state index >= 15 is 0 Å². The van der Waals surface area contributed by atoms with Crippen molar-refractivity contribution in [3.63, 3.8) is 0 Å². The van der Waals surface area contributed by atoms with Gasteiger partial charge in [-0.3, -0.25) is 9.59 Å². The zero-order chi connectivity index (χ0) is 10.0. The first-order valence-electron chi connectivity index (χ1n) is 3.52. The maximum atomic E-state index is 13.1. The number of hydrogen-bond donors (Lipinski definition) is 0. The summed E-state index contributed by atoms with van der Waals surface area (Å²) in [5, 5.41) is 0. The van der Waals surface area contributed by atoms with Gasteiger partial charge in [-0.15, -0.1) is 0 Å².